The summed E-state index contributed by atoms with van der Waals surface area (Å²) in [5.41, 5.74) is 7.54. The van der Waals surface area contributed by atoms with E-state index in [1.807, 2.05) is 11.6 Å². The molecule has 1 aliphatic rings. The van der Waals surface area contributed by atoms with Crippen LogP contribution in [-0.4, -0.2) is 43.2 Å². The second-order valence-electron chi connectivity index (χ2n) is 6.57. The zero-order valence-corrected chi connectivity index (χ0v) is 13.5. The number of hydrogen-bond acceptors (Lipinski definition) is 5. The third-order valence-electron chi connectivity index (χ3n) is 3.57. The monoisotopic (exact) mass is 298 g/mol. The molecule has 0 aliphatic carbocycles. The van der Waals surface area contributed by atoms with Crippen molar-refractivity contribution in [3.63, 3.8) is 0 Å². The summed E-state index contributed by atoms with van der Waals surface area (Å²) >= 11 is 4.45. The molecule has 2 atom stereocenters. The van der Waals surface area contributed by atoms with Crippen LogP contribution in [0.3, 0.4) is 0 Å². The van der Waals surface area contributed by atoms with E-state index in [2.05, 4.69) is 28.8 Å². The van der Waals surface area contributed by atoms with E-state index in [-0.39, 0.29) is 6.04 Å². The van der Waals surface area contributed by atoms with Crippen molar-refractivity contribution in [2.45, 2.75) is 64.5 Å². The lowest BCUT2D eigenvalue weighted by Gasteiger charge is -2.27. The summed E-state index contributed by atoms with van der Waals surface area (Å²) in [4.78, 5) is 2.39. The summed E-state index contributed by atoms with van der Waals surface area (Å²) in [7, 11) is 0. The summed E-state index contributed by atoms with van der Waals surface area (Å²) < 4.78 is 1.85. The predicted octanol–water partition coefficient (Wildman–Crippen LogP) is 1.01. The highest BCUT2D eigenvalue weighted by molar-refractivity contribution is 7.80. The fraction of sp³-hybridized carbons (Fsp3) is 0.786. The number of rotatable bonds is 6. The van der Waals surface area contributed by atoms with E-state index in [4.69, 9.17) is 5.73 Å². The van der Waals surface area contributed by atoms with Crippen LogP contribution in [0.1, 0.15) is 38.4 Å². The molecular formula is C14H26N4OS. The van der Waals surface area contributed by atoms with Crippen molar-refractivity contribution in [1.29, 1.82) is 0 Å². The average molecular weight is 298 g/mol. The summed E-state index contributed by atoms with van der Waals surface area (Å²) in [6.07, 6.45) is 3.01. The zero-order valence-electron chi connectivity index (χ0n) is 12.6. The Kier molecular flexibility index (Phi) is 4.79. The number of nitrogens with zero attached hydrogens (tertiary/aromatic N) is 3. The Bertz CT molecular complexity index is 429. The molecule has 0 fully saturated rings. The molecule has 3 N–H and O–H groups in total. The molecule has 0 saturated carbocycles. The Balaban J connectivity index is 2.00. The maximum absolute atomic E-state index is 9.84. The van der Waals surface area contributed by atoms with Crippen molar-refractivity contribution >= 4 is 12.6 Å². The number of thiol groups is 1. The van der Waals surface area contributed by atoms with Gasteiger partial charge >= 0.3 is 0 Å². The van der Waals surface area contributed by atoms with Crippen molar-refractivity contribution < 1.29 is 5.11 Å². The maximum Gasteiger partial charge on any atom is 0.0810 e. The molecule has 0 aromatic carbocycles. The van der Waals surface area contributed by atoms with Crippen LogP contribution >= 0.6 is 12.6 Å². The first-order chi connectivity index (χ1) is 9.28. The first kappa shape index (κ1) is 15.8. The Morgan fingerprint density at radius 3 is 2.70 bits per heavy atom. The molecule has 0 radical (unpaired) electrons. The molecule has 0 saturated heterocycles. The van der Waals surface area contributed by atoms with Gasteiger partial charge in [-0.25, -0.2) is 0 Å². The number of hydrogen-bond donors (Lipinski definition) is 3. The van der Waals surface area contributed by atoms with Crippen molar-refractivity contribution in [3.05, 3.63) is 17.5 Å². The normalized spacial score (nSPS) is 19.1. The highest BCUT2D eigenvalue weighted by Gasteiger charge is 2.28. The number of nitrogens with two attached hydrogens (primary N) is 1. The molecule has 0 spiro atoms. The van der Waals surface area contributed by atoms with E-state index in [9.17, 15) is 5.11 Å². The summed E-state index contributed by atoms with van der Waals surface area (Å²) in [6, 6.07) is 0.588. The summed E-state index contributed by atoms with van der Waals surface area (Å²) in [6.45, 7) is 7.91. The van der Waals surface area contributed by atoms with Crippen LogP contribution in [0.2, 0.25) is 0 Å². The van der Waals surface area contributed by atoms with Gasteiger partial charge in [0.1, 0.15) is 0 Å². The van der Waals surface area contributed by atoms with Gasteiger partial charge in [0, 0.05) is 42.7 Å². The van der Waals surface area contributed by atoms with Crippen LogP contribution in [0.5, 0.6) is 0 Å². The molecular weight excluding hydrogens is 272 g/mol. The maximum atomic E-state index is 9.84. The average Bonchev–Trinajstić information content (AvgIpc) is 2.80. The van der Waals surface area contributed by atoms with Gasteiger partial charge in [0.05, 0.1) is 17.8 Å². The molecule has 1 aromatic rings. The van der Waals surface area contributed by atoms with Crippen molar-refractivity contribution in [2.24, 2.45) is 5.73 Å². The quantitative estimate of drug-likeness (QED) is 0.686. The van der Waals surface area contributed by atoms with Crippen molar-refractivity contribution in [1.82, 2.24) is 14.7 Å². The number of aliphatic hydroxyl groups is 1. The molecule has 20 heavy (non-hydrogen) atoms. The lowest BCUT2D eigenvalue weighted by molar-refractivity contribution is 0.0572. The van der Waals surface area contributed by atoms with E-state index >= 15 is 0 Å². The van der Waals surface area contributed by atoms with Gasteiger partial charge in [-0.2, -0.15) is 17.7 Å². The summed E-state index contributed by atoms with van der Waals surface area (Å²) in [5.74, 6) is 0.815. The van der Waals surface area contributed by atoms with E-state index in [1.54, 1.807) is 13.8 Å². The van der Waals surface area contributed by atoms with Crippen LogP contribution in [0.15, 0.2) is 6.20 Å². The Morgan fingerprint density at radius 2 is 2.20 bits per heavy atom. The first-order valence-electron chi connectivity index (χ1n) is 7.16. The van der Waals surface area contributed by atoms with E-state index in [1.165, 1.54) is 5.56 Å². The van der Waals surface area contributed by atoms with Gasteiger partial charge in [-0.3, -0.25) is 9.58 Å². The molecule has 1 aromatic heterocycles. The second kappa shape index (κ2) is 6.05. The van der Waals surface area contributed by atoms with Gasteiger partial charge in [-0.1, -0.05) is 0 Å². The lowest BCUT2D eigenvalue weighted by atomic mass is 10.1. The largest absolute Gasteiger partial charge is 0.389 e. The molecule has 6 heteroatoms. The first-order valence-corrected chi connectivity index (χ1v) is 7.80. The Hall–Kier alpha value is -0.560. The highest BCUT2D eigenvalue weighted by Crippen LogP contribution is 2.25. The molecule has 0 amide bonds. The molecule has 5 nitrogen and oxygen atoms in total. The van der Waals surface area contributed by atoms with E-state index in [0.717, 1.165) is 31.0 Å². The lowest BCUT2D eigenvalue weighted by Crippen LogP contribution is -2.37. The molecule has 2 heterocycles. The van der Waals surface area contributed by atoms with Crippen LogP contribution < -0.4 is 5.73 Å². The van der Waals surface area contributed by atoms with E-state index < -0.39 is 5.60 Å². The predicted molar refractivity (Wildman–Crippen MR) is 83.7 cm³/mol. The molecule has 1 aliphatic heterocycles. The SMILES string of the molecule is CC(N)CC(CS)N1Cc2cn(CC(C)(C)O)nc2C1. The van der Waals surface area contributed by atoms with Gasteiger partial charge in [0.2, 0.25) is 0 Å². The minimum Gasteiger partial charge on any atom is -0.389 e. The van der Waals surface area contributed by atoms with Crippen LogP contribution in [0.25, 0.3) is 0 Å². The summed E-state index contributed by atoms with van der Waals surface area (Å²) in [5, 5.41) is 14.4. The molecule has 114 valence electrons. The third kappa shape index (κ3) is 3.97. The van der Waals surface area contributed by atoms with Gasteiger partial charge in [-0.15, -0.1) is 0 Å². The molecule has 2 unspecified atom stereocenters. The number of fused-ring (bicyclic) bond motifs is 1. The highest BCUT2D eigenvalue weighted by atomic mass is 32.1. The molecule has 2 rings (SSSR count). The van der Waals surface area contributed by atoms with Gasteiger partial charge in [0.25, 0.3) is 0 Å². The number of aromatic nitrogens is 2. The van der Waals surface area contributed by atoms with Gasteiger partial charge < -0.3 is 10.8 Å². The van der Waals surface area contributed by atoms with Crippen LogP contribution in [-0.2, 0) is 19.6 Å². The standard InChI is InChI=1S/C14H26N4OS/c1-10(15)4-12(8-20)17-5-11-6-18(9-14(2,3)19)16-13(11)7-17/h6,10,12,19-20H,4-5,7-9,15H2,1-3H3. The Labute approximate surface area is 126 Å². The topological polar surface area (TPSA) is 67.3 Å². The van der Waals surface area contributed by atoms with Crippen molar-refractivity contribution in [2.75, 3.05) is 5.75 Å². The second-order valence-corrected chi connectivity index (χ2v) is 6.93. The van der Waals surface area contributed by atoms with Crippen molar-refractivity contribution in [3.8, 4) is 0 Å². The van der Waals surface area contributed by atoms with Crippen LogP contribution in [0, 0.1) is 0 Å². The molecule has 0 bridgehead atoms. The smallest absolute Gasteiger partial charge is 0.0810 e. The van der Waals surface area contributed by atoms with E-state index in [0.29, 0.717) is 12.6 Å². The van der Waals surface area contributed by atoms with Gasteiger partial charge in [0.15, 0.2) is 0 Å². The van der Waals surface area contributed by atoms with Gasteiger partial charge in [-0.05, 0) is 27.2 Å². The fourth-order valence-corrected chi connectivity index (χ4v) is 3.12. The Morgan fingerprint density at radius 1 is 1.50 bits per heavy atom. The minimum absolute atomic E-state index is 0.190. The van der Waals surface area contributed by atoms with Crippen LogP contribution in [0.4, 0.5) is 0 Å². The fourth-order valence-electron chi connectivity index (χ4n) is 2.74. The minimum atomic E-state index is -0.734. The zero-order chi connectivity index (χ0) is 14.9. The third-order valence-corrected chi connectivity index (χ3v) is 3.99.